The van der Waals surface area contributed by atoms with Crippen LogP contribution in [0.25, 0.3) is 111 Å². The fraction of sp³-hybridized carbons (Fsp3) is 0. The van der Waals surface area contributed by atoms with Crippen molar-refractivity contribution in [2.75, 3.05) is 0 Å². The molecule has 0 unspecified atom stereocenters. The van der Waals surface area contributed by atoms with Gasteiger partial charge >= 0.3 is 0 Å². The third-order valence-corrected chi connectivity index (χ3v) is 11.4. The molecule has 6 nitrogen and oxygen atoms in total. The quantitative estimate of drug-likeness (QED) is 0.144. The number of para-hydroxylation sites is 1. The maximum atomic E-state index is 7.63. The molecule has 294 valence electrons. The lowest BCUT2D eigenvalue weighted by molar-refractivity contribution is 1.13. The molecule has 11 rings (SSSR count). The van der Waals surface area contributed by atoms with E-state index in [2.05, 4.69) is 125 Å². The van der Waals surface area contributed by atoms with Gasteiger partial charge in [-0.1, -0.05) is 170 Å². The van der Waals surface area contributed by atoms with Gasteiger partial charge in [0.05, 0.1) is 46.1 Å². The lowest BCUT2D eigenvalue weighted by Gasteiger charge is -2.17. The van der Waals surface area contributed by atoms with Crippen LogP contribution in [0.1, 0.15) is 0 Å². The zero-order valence-electron chi connectivity index (χ0n) is 34.0. The van der Waals surface area contributed by atoms with Gasteiger partial charge in [0.2, 0.25) is 0 Å². The first kappa shape index (κ1) is 37.2. The Morgan fingerprint density at radius 3 is 1.41 bits per heavy atom. The summed E-state index contributed by atoms with van der Waals surface area (Å²) in [5, 5.41) is 2.22. The Morgan fingerprint density at radius 2 is 0.810 bits per heavy atom. The van der Waals surface area contributed by atoms with Crippen LogP contribution in [0.3, 0.4) is 0 Å². The maximum Gasteiger partial charge on any atom is 0.187 e. The highest BCUT2D eigenvalue weighted by Gasteiger charge is 2.21. The van der Waals surface area contributed by atoms with E-state index in [0.29, 0.717) is 17.3 Å². The standard InChI is InChI=1S/C57H36N6/c1-58-45-26-16-25-42(33-45)43-29-31-54-47(34-43)46-27-14-15-28-53(46)63(54)55-32-30-44(52-37-49(38-17-6-2-7-18-38)59-56(60-52)41-23-12-5-13-24-41)35-48(55)57-61-50(39-19-8-3-9-20-39)36-51(62-57)40-21-10-4-11-22-40/h2-37H. The molecule has 6 heteroatoms. The van der Waals surface area contributed by atoms with Crippen LogP contribution in [0.15, 0.2) is 218 Å². The maximum absolute atomic E-state index is 7.63. The van der Waals surface area contributed by atoms with Crippen molar-refractivity contribution in [3.63, 3.8) is 0 Å². The van der Waals surface area contributed by atoms with Gasteiger partial charge in [-0.25, -0.2) is 24.8 Å². The van der Waals surface area contributed by atoms with Crippen LogP contribution in [0, 0.1) is 6.57 Å². The van der Waals surface area contributed by atoms with Crippen LogP contribution in [-0.2, 0) is 0 Å². The van der Waals surface area contributed by atoms with Crippen LogP contribution in [0.4, 0.5) is 5.69 Å². The van der Waals surface area contributed by atoms with Gasteiger partial charge < -0.3 is 4.57 Å². The molecule has 8 aromatic carbocycles. The minimum Gasteiger partial charge on any atom is -0.309 e. The van der Waals surface area contributed by atoms with Gasteiger partial charge in [-0.2, -0.15) is 0 Å². The minimum absolute atomic E-state index is 0.589. The average molecular weight is 805 g/mol. The third-order valence-electron chi connectivity index (χ3n) is 11.4. The number of fused-ring (bicyclic) bond motifs is 3. The van der Waals surface area contributed by atoms with E-state index in [1.54, 1.807) is 0 Å². The molecule has 3 heterocycles. The first-order chi connectivity index (χ1) is 31.2. The number of hydrogen-bond donors (Lipinski definition) is 0. The van der Waals surface area contributed by atoms with E-state index in [1.807, 2.05) is 103 Å². The Labute approximate surface area is 365 Å². The van der Waals surface area contributed by atoms with Crippen LogP contribution >= 0.6 is 0 Å². The number of aromatic nitrogens is 5. The van der Waals surface area contributed by atoms with E-state index >= 15 is 0 Å². The predicted octanol–water partition coefficient (Wildman–Crippen LogP) is 14.6. The molecule has 0 saturated carbocycles. The second kappa shape index (κ2) is 16.0. The van der Waals surface area contributed by atoms with Crippen LogP contribution in [0.5, 0.6) is 0 Å². The lowest BCUT2D eigenvalue weighted by atomic mass is 10.0. The Bertz CT molecular complexity index is 3390. The van der Waals surface area contributed by atoms with Crippen molar-refractivity contribution in [3.05, 3.63) is 230 Å². The van der Waals surface area contributed by atoms with E-state index in [0.717, 1.165) is 94.8 Å². The Morgan fingerprint density at radius 1 is 0.333 bits per heavy atom. The highest BCUT2D eigenvalue weighted by atomic mass is 15.0. The first-order valence-electron chi connectivity index (χ1n) is 20.8. The van der Waals surface area contributed by atoms with E-state index in [-0.39, 0.29) is 0 Å². The van der Waals surface area contributed by atoms with Crippen molar-refractivity contribution in [1.82, 2.24) is 24.5 Å². The van der Waals surface area contributed by atoms with Crippen molar-refractivity contribution in [1.29, 1.82) is 0 Å². The highest BCUT2D eigenvalue weighted by molar-refractivity contribution is 6.11. The Hall–Kier alpha value is -8.79. The molecule has 0 amide bonds. The van der Waals surface area contributed by atoms with E-state index in [4.69, 9.17) is 26.5 Å². The summed E-state index contributed by atoms with van der Waals surface area (Å²) in [5.74, 6) is 1.23. The van der Waals surface area contributed by atoms with E-state index in [9.17, 15) is 0 Å². The lowest BCUT2D eigenvalue weighted by Crippen LogP contribution is -2.03. The molecule has 3 aromatic heterocycles. The summed E-state index contributed by atoms with van der Waals surface area (Å²) >= 11 is 0. The smallest absolute Gasteiger partial charge is 0.187 e. The monoisotopic (exact) mass is 804 g/mol. The Kier molecular flexibility index (Phi) is 9.45. The molecule has 0 radical (unpaired) electrons. The van der Waals surface area contributed by atoms with E-state index in [1.165, 1.54) is 0 Å². The van der Waals surface area contributed by atoms with Gasteiger partial charge in [0, 0.05) is 44.2 Å². The molecular formula is C57H36N6. The van der Waals surface area contributed by atoms with Crippen molar-refractivity contribution < 1.29 is 0 Å². The summed E-state index contributed by atoms with van der Waals surface area (Å²) in [4.78, 5) is 24.8. The molecule has 0 spiro atoms. The highest BCUT2D eigenvalue weighted by Crippen LogP contribution is 2.40. The number of hydrogen-bond acceptors (Lipinski definition) is 4. The fourth-order valence-corrected chi connectivity index (χ4v) is 8.39. The average Bonchev–Trinajstić information content (AvgIpc) is 3.70. The normalized spacial score (nSPS) is 11.2. The molecule has 0 aliphatic heterocycles. The largest absolute Gasteiger partial charge is 0.309 e. The van der Waals surface area contributed by atoms with Crippen LogP contribution in [0.2, 0.25) is 0 Å². The number of nitrogens with zero attached hydrogens (tertiary/aromatic N) is 6. The molecule has 0 aliphatic rings. The fourth-order valence-electron chi connectivity index (χ4n) is 8.39. The Balaban J connectivity index is 1.19. The zero-order chi connectivity index (χ0) is 42.1. The molecule has 0 aliphatic carbocycles. The molecule has 0 atom stereocenters. The molecule has 0 saturated heterocycles. The molecule has 63 heavy (non-hydrogen) atoms. The second-order valence-corrected chi connectivity index (χ2v) is 15.4. The van der Waals surface area contributed by atoms with Gasteiger partial charge in [0.1, 0.15) is 0 Å². The van der Waals surface area contributed by atoms with Gasteiger partial charge in [-0.15, -0.1) is 0 Å². The molecule has 0 bridgehead atoms. The van der Waals surface area contributed by atoms with Crippen molar-refractivity contribution in [2.45, 2.75) is 0 Å². The zero-order valence-corrected chi connectivity index (χ0v) is 34.0. The third kappa shape index (κ3) is 7.10. The van der Waals surface area contributed by atoms with Gasteiger partial charge in [0.25, 0.3) is 0 Å². The molecule has 0 N–H and O–H groups in total. The molecular weight excluding hydrogens is 769 g/mol. The van der Waals surface area contributed by atoms with Gasteiger partial charge in [0.15, 0.2) is 17.3 Å². The summed E-state index contributed by atoms with van der Waals surface area (Å²) in [6, 6.07) is 74.5. The number of rotatable bonds is 8. The van der Waals surface area contributed by atoms with Crippen LogP contribution in [-0.4, -0.2) is 24.5 Å². The minimum atomic E-state index is 0.589. The number of benzene rings is 8. The van der Waals surface area contributed by atoms with Crippen molar-refractivity contribution in [3.8, 4) is 84.6 Å². The van der Waals surface area contributed by atoms with Crippen molar-refractivity contribution >= 4 is 27.5 Å². The first-order valence-corrected chi connectivity index (χ1v) is 20.8. The molecule has 0 fully saturated rings. The van der Waals surface area contributed by atoms with Crippen LogP contribution < -0.4 is 0 Å². The van der Waals surface area contributed by atoms with Crippen molar-refractivity contribution in [2.24, 2.45) is 0 Å². The predicted molar refractivity (Wildman–Crippen MR) is 256 cm³/mol. The topological polar surface area (TPSA) is 60.9 Å². The summed E-state index contributed by atoms with van der Waals surface area (Å²) in [7, 11) is 0. The van der Waals surface area contributed by atoms with Gasteiger partial charge in [-0.3, -0.25) is 0 Å². The molecule has 11 aromatic rings. The van der Waals surface area contributed by atoms with E-state index < -0.39 is 0 Å². The summed E-state index contributed by atoms with van der Waals surface area (Å²) in [6.45, 7) is 7.63. The van der Waals surface area contributed by atoms with Gasteiger partial charge in [-0.05, 0) is 59.7 Å². The summed E-state index contributed by atoms with van der Waals surface area (Å²) in [6.07, 6.45) is 0. The SMILES string of the molecule is [C-]#[N+]c1cccc(-c2ccc3c(c2)c2ccccc2n3-c2ccc(-c3cc(-c4ccccc4)nc(-c4ccccc4)n3)cc2-c2nc(-c3ccccc3)cc(-c3ccccc3)n2)c1. The summed E-state index contributed by atoms with van der Waals surface area (Å²) < 4.78 is 2.33. The summed E-state index contributed by atoms with van der Waals surface area (Å²) in [5.41, 5.74) is 14.6. The second-order valence-electron chi connectivity index (χ2n) is 15.4.